The van der Waals surface area contributed by atoms with Crippen LogP contribution in [0.2, 0.25) is 0 Å². The molecule has 0 bridgehead atoms. The summed E-state index contributed by atoms with van der Waals surface area (Å²) < 4.78 is 33.3. The Morgan fingerprint density at radius 3 is 2.58 bits per heavy atom. The van der Waals surface area contributed by atoms with E-state index in [1.165, 1.54) is 6.07 Å². The summed E-state index contributed by atoms with van der Waals surface area (Å²) in [7, 11) is -0.158. The van der Waals surface area contributed by atoms with Crippen LogP contribution in [-0.2, 0) is 19.3 Å². The number of rotatable bonds is 7. The first-order chi connectivity index (χ1) is 8.90. The van der Waals surface area contributed by atoms with Gasteiger partial charge in [0.15, 0.2) is 9.84 Å². The molecule has 1 aromatic carbocycles. The van der Waals surface area contributed by atoms with Crippen molar-refractivity contribution in [3.63, 3.8) is 0 Å². The molecular formula is C12H20N2O4S. The van der Waals surface area contributed by atoms with Gasteiger partial charge in [0.05, 0.1) is 29.0 Å². The van der Waals surface area contributed by atoms with E-state index in [2.05, 4.69) is 5.32 Å². The Morgan fingerprint density at radius 1 is 1.37 bits per heavy atom. The molecule has 1 unspecified atom stereocenters. The van der Waals surface area contributed by atoms with E-state index in [0.29, 0.717) is 18.8 Å². The van der Waals surface area contributed by atoms with Gasteiger partial charge in [-0.2, -0.15) is 0 Å². The number of para-hydroxylation sites is 1. The van der Waals surface area contributed by atoms with Crippen molar-refractivity contribution >= 4 is 21.2 Å². The standard InChI is InChI=1S/C12H20N2O4S/c1-17-8-9(18-2)7-14-10-5-4-6-11(12(10)13)19(3,15)16/h4-6,9,14H,7-8,13H2,1-3H3. The monoisotopic (exact) mass is 288 g/mol. The zero-order valence-corrected chi connectivity index (χ0v) is 12.2. The minimum Gasteiger partial charge on any atom is -0.396 e. The molecule has 1 aromatic rings. The predicted molar refractivity (Wildman–Crippen MR) is 75.1 cm³/mol. The van der Waals surface area contributed by atoms with E-state index in [1.54, 1.807) is 26.4 Å². The lowest BCUT2D eigenvalue weighted by Crippen LogP contribution is -2.27. The Morgan fingerprint density at radius 2 is 2.05 bits per heavy atom. The summed E-state index contributed by atoms with van der Waals surface area (Å²) >= 11 is 0. The number of ether oxygens (including phenoxy) is 2. The number of methoxy groups -OCH3 is 2. The third kappa shape index (κ3) is 4.38. The van der Waals surface area contributed by atoms with Gasteiger partial charge in [0.1, 0.15) is 0 Å². The highest BCUT2D eigenvalue weighted by molar-refractivity contribution is 7.90. The molecule has 19 heavy (non-hydrogen) atoms. The summed E-state index contributed by atoms with van der Waals surface area (Å²) in [4.78, 5) is 0.123. The van der Waals surface area contributed by atoms with Gasteiger partial charge in [0, 0.05) is 27.0 Å². The molecule has 7 heteroatoms. The van der Waals surface area contributed by atoms with Crippen molar-refractivity contribution in [1.29, 1.82) is 0 Å². The molecule has 1 rings (SSSR count). The second kappa shape index (κ2) is 6.74. The van der Waals surface area contributed by atoms with E-state index >= 15 is 0 Å². The number of nitrogens with two attached hydrogens (primary N) is 1. The fourth-order valence-electron chi connectivity index (χ4n) is 1.64. The lowest BCUT2D eigenvalue weighted by atomic mass is 10.2. The van der Waals surface area contributed by atoms with Gasteiger partial charge in [-0.15, -0.1) is 0 Å². The van der Waals surface area contributed by atoms with Crippen LogP contribution in [0.3, 0.4) is 0 Å². The van der Waals surface area contributed by atoms with Crippen LogP contribution in [0.1, 0.15) is 0 Å². The third-order valence-corrected chi connectivity index (χ3v) is 3.83. The molecule has 0 radical (unpaired) electrons. The van der Waals surface area contributed by atoms with Crippen molar-refractivity contribution in [2.45, 2.75) is 11.0 Å². The van der Waals surface area contributed by atoms with Gasteiger partial charge in [-0.25, -0.2) is 8.42 Å². The zero-order valence-electron chi connectivity index (χ0n) is 11.3. The first-order valence-electron chi connectivity index (χ1n) is 5.74. The molecule has 0 amide bonds. The van der Waals surface area contributed by atoms with Gasteiger partial charge in [-0.1, -0.05) is 6.07 Å². The molecule has 0 aliphatic heterocycles. The molecule has 0 aromatic heterocycles. The topological polar surface area (TPSA) is 90.7 Å². The van der Waals surface area contributed by atoms with E-state index in [4.69, 9.17) is 15.2 Å². The maximum atomic E-state index is 11.6. The van der Waals surface area contributed by atoms with Crippen LogP contribution in [0.15, 0.2) is 23.1 Å². The minimum absolute atomic E-state index is 0.123. The van der Waals surface area contributed by atoms with Crippen molar-refractivity contribution < 1.29 is 17.9 Å². The summed E-state index contributed by atoms with van der Waals surface area (Å²) in [5.41, 5.74) is 6.65. The fraction of sp³-hybridized carbons (Fsp3) is 0.500. The molecule has 0 saturated carbocycles. The molecule has 0 fully saturated rings. The molecule has 0 spiro atoms. The van der Waals surface area contributed by atoms with Gasteiger partial charge >= 0.3 is 0 Å². The Labute approximate surface area is 113 Å². The van der Waals surface area contributed by atoms with Crippen molar-refractivity contribution in [3.8, 4) is 0 Å². The maximum absolute atomic E-state index is 11.6. The quantitative estimate of drug-likeness (QED) is 0.719. The largest absolute Gasteiger partial charge is 0.396 e. The van der Waals surface area contributed by atoms with E-state index < -0.39 is 9.84 Å². The summed E-state index contributed by atoms with van der Waals surface area (Å²) in [6, 6.07) is 4.86. The number of anilines is 2. The van der Waals surface area contributed by atoms with E-state index in [1.807, 2.05) is 0 Å². The number of nitrogen functional groups attached to an aromatic ring is 1. The smallest absolute Gasteiger partial charge is 0.177 e. The van der Waals surface area contributed by atoms with Crippen LogP contribution >= 0.6 is 0 Å². The maximum Gasteiger partial charge on any atom is 0.177 e. The average molecular weight is 288 g/mol. The van der Waals surface area contributed by atoms with Gasteiger partial charge in [-0.3, -0.25) is 0 Å². The van der Waals surface area contributed by atoms with Gasteiger partial charge in [0.2, 0.25) is 0 Å². The Balaban J connectivity index is 2.85. The molecule has 108 valence electrons. The number of sulfone groups is 1. The number of benzene rings is 1. The highest BCUT2D eigenvalue weighted by atomic mass is 32.2. The summed E-state index contributed by atoms with van der Waals surface area (Å²) in [6.07, 6.45) is 0.997. The van der Waals surface area contributed by atoms with Gasteiger partial charge in [-0.05, 0) is 12.1 Å². The first-order valence-corrected chi connectivity index (χ1v) is 7.63. The lowest BCUT2D eigenvalue weighted by Gasteiger charge is -2.17. The molecule has 1 atom stereocenters. The Bertz CT molecular complexity index is 516. The molecular weight excluding hydrogens is 268 g/mol. The Kier molecular flexibility index (Phi) is 5.59. The molecule has 0 aliphatic carbocycles. The van der Waals surface area contributed by atoms with Crippen LogP contribution in [0.25, 0.3) is 0 Å². The molecule has 6 nitrogen and oxygen atoms in total. The number of nitrogens with one attached hydrogen (secondary N) is 1. The fourth-order valence-corrected chi connectivity index (χ4v) is 2.48. The average Bonchev–Trinajstić information content (AvgIpc) is 2.34. The minimum atomic E-state index is -3.33. The van der Waals surface area contributed by atoms with E-state index in [9.17, 15) is 8.42 Å². The van der Waals surface area contributed by atoms with Crippen LogP contribution < -0.4 is 11.1 Å². The predicted octanol–water partition coefficient (Wildman–Crippen LogP) is 0.746. The zero-order chi connectivity index (χ0) is 14.5. The summed E-state index contributed by atoms with van der Waals surface area (Å²) in [5, 5.41) is 3.07. The van der Waals surface area contributed by atoms with E-state index in [-0.39, 0.29) is 16.7 Å². The SMILES string of the molecule is COCC(CNc1cccc(S(C)(=O)=O)c1N)OC. The molecule has 0 aliphatic rings. The van der Waals surface area contributed by atoms with Crippen molar-refractivity contribution in [3.05, 3.63) is 18.2 Å². The van der Waals surface area contributed by atoms with Crippen LogP contribution in [0.5, 0.6) is 0 Å². The number of hydrogen-bond donors (Lipinski definition) is 2. The van der Waals surface area contributed by atoms with E-state index in [0.717, 1.165) is 6.26 Å². The highest BCUT2D eigenvalue weighted by Crippen LogP contribution is 2.26. The number of hydrogen-bond acceptors (Lipinski definition) is 6. The summed E-state index contributed by atoms with van der Waals surface area (Å²) in [6.45, 7) is 0.914. The lowest BCUT2D eigenvalue weighted by molar-refractivity contribution is 0.0366. The second-order valence-electron chi connectivity index (χ2n) is 4.18. The normalized spacial score (nSPS) is 13.2. The van der Waals surface area contributed by atoms with Crippen LogP contribution in [0.4, 0.5) is 11.4 Å². The van der Waals surface area contributed by atoms with Crippen molar-refractivity contribution in [1.82, 2.24) is 0 Å². The van der Waals surface area contributed by atoms with Crippen molar-refractivity contribution in [2.75, 3.05) is 44.7 Å². The van der Waals surface area contributed by atoms with Crippen LogP contribution in [0, 0.1) is 0 Å². The Hall–Kier alpha value is -1.31. The highest BCUT2D eigenvalue weighted by Gasteiger charge is 2.15. The molecule has 0 heterocycles. The first kappa shape index (κ1) is 15.7. The molecule has 3 N–H and O–H groups in total. The van der Waals surface area contributed by atoms with Gasteiger partial charge < -0.3 is 20.5 Å². The van der Waals surface area contributed by atoms with Gasteiger partial charge in [0.25, 0.3) is 0 Å². The molecule has 0 saturated heterocycles. The second-order valence-corrected chi connectivity index (χ2v) is 6.17. The van der Waals surface area contributed by atoms with Crippen molar-refractivity contribution in [2.24, 2.45) is 0 Å². The summed E-state index contributed by atoms with van der Waals surface area (Å²) in [5.74, 6) is 0. The van der Waals surface area contributed by atoms with Crippen LogP contribution in [-0.4, -0.2) is 48.1 Å². The third-order valence-electron chi connectivity index (χ3n) is 2.67.